The lowest BCUT2D eigenvalue weighted by Gasteiger charge is -2.05. The summed E-state index contributed by atoms with van der Waals surface area (Å²) in [5.74, 6) is -1.00. The first-order chi connectivity index (χ1) is 7.26. The second kappa shape index (κ2) is 2.32. The fourth-order valence-electron chi connectivity index (χ4n) is 1.19. The van der Waals surface area contributed by atoms with Gasteiger partial charge in [-0.2, -0.15) is 0 Å². The molecule has 68 valence electrons. The van der Waals surface area contributed by atoms with Crippen molar-refractivity contribution in [3.05, 3.63) is 29.8 Å². The minimum Gasteiger partial charge on any atom is -0.268 e. The maximum atomic E-state index is 11.8. The summed E-state index contributed by atoms with van der Waals surface area (Å²) in [6.45, 7) is -2.99. The fraction of sp³-hybridized carbons (Fsp3) is 0.125. The number of amides is 1. The van der Waals surface area contributed by atoms with Gasteiger partial charge in [0.1, 0.15) is 4.90 Å². The summed E-state index contributed by atoms with van der Waals surface area (Å²) < 4.78 is 44.7. The van der Waals surface area contributed by atoms with Crippen molar-refractivity contribution in [3.8, 4) is 0 Å². The number of fused-ring (bicyclic) bond motifs is 1. The Morgan fingerprint density at radius 2 is 2.08 bits per heavy atom. The number of carbonyl (C=O) groups is 1. The van der Waals surface area contributed by atoms with E-state index in [1.807, 2.05) is 0 Å². The molecule has 0 fully saturated rings. The van der Waals surface area contributed by atoms with Crippen LogP contribution in [0.25, 0.3) is 0 Å². The number of sulfonamides is 1. The lowest BCUT2D eigenvalue weighted by atomic mass is 10.2. The van der Waals surface area contributed by atoms with Crippen LogP contribution in [0.15, 0.2) is 29.2 Å². The number of rotatable bonds is 0. The number of hydrogen-bond donors (Lipinski definition) is 0. The van der Waals surface area contributed by atoms with Crippen LogP contribution in [0.3, 0.4) is 0 Å². The molecule has 1 amide bonds. The third-order valence-electron chi connectivity index (χ3n) is 1.82. The summed E-state index contributed by atoms with van der Waals surface area (Å²) in [7, 11) is -4.23. The second-order valence-corrected chi connectivity index (χ2v) is 4.33. The Labute approximate surface area is 80.1 Å². The number of nitrogens with zero attached hydrogens (tertiary/aromatic N) is 1. The SMILES string of the molecule is [2H]C([2H])([2H])N1C(=O)c2ccccc2S1(=O)=O. The highest BCUT2D eigenvalue weighted by Crippen LogP contribution is 2.27. The van der Waals surface area contributed by atoms with Crippen molar-refractivity contribution in [3.63, 3.8) is 0 Å². The van der Waals surface area contributed by atoms with Gasteiger partial charge in [-0.15, -0.1) is 0 Å². The van der Waals surface area contributed by atoms with Gasteiger partial charge in [0.15, 0.2) is 0 Å². The summed E-state index contributed by atoms with van der Waals surface area (Å²) in [6, 6.07) is 5.43. The van der Waals surface area contributed by atoms with Gasteiger partial charge in [0.2, 0.25) is 0 Å². The maximum Gasteiger partial charge on any atom is 0.268 e. The molecule has 0 spiro atoms. The maximum absolute atomic E-state index is 11.8. The van der Waals surface area contributed by atoms with Crippen LogP contribution in [0.1, 0.15) is 14.5 Å². The normalized spacial score (nSPS) is 23.2. The molecule has 1 heterocycles. The zero-order valence-electron chi connectivity index (χ0n) is 9.39. The van der Waals surface area contributed by atoms with E-state index < -0.39 is 22.9 Å². The van der Waals surface area contributed by atoms with Crippen LogP contribution in [-0.2, 0) is 10.0 Å². The topological polar surface area (TPSA) is 54.5 Å². The predicted molar refractivity (Wildman–Crippen MR) is 45.7 cm³/mol. The van der Waals surface area contributed by atoms with Crippen molar-refractivity contribution >= 4 is 15.9 Å². The van der Waals surface area contributed by atoms with E-state index in [0.717, 1.165) is 0 Å². The van der Waals surface area contributed by atoms with Gasteiger partial charge in [-0.1, -0.05) is 12.1 Å². The predicted octanol–water partition coefficient (Wildman–Crippen LogP) is 0.461. The van der Waals surface area contributed by atoms with Gasteiger partial charge in [-0.05, 0) is 12.1 Å². The van der Waals surface area contributed by atoms with Gasteiger partial charge in [-0.25, -0.2) is 12.7 Å². The van der Waals surface area contributed by atoms with Crippen molar-refractivity contribution < 1.29 is 17.3 Å². The van der Waals surface area contributed by atoms with Crippen LogP contribution in [0.2, 0.25) is 0 Å². The van der Waals surface area contributed by atoms with E-state index in [9.17, 15) is 13.2 Å². The fourth-order valence-corrected chi connectivity index (χ4v) is 2.38. The molecule has 0 N–H and O–H groups in total. The molecule has 13 heavy (non-hydrogen) atoms. The molecule has 0 aromatic heterocycles. The lowest BCUT2D eigenvalue weighted by molar-refractivity contribution is 0.0891. The van der Waals surface area contributed by atoms with Crippen molar-refractivity contribution in [2.45, 2.75) is 4.90 Å². The molecule has 0 bridgehead atoms. The van der Waals surface area contributed by atoms with Crippen molar-refractivity contribution in [2.24, 2.45) is 0 Å². The van der Waals surface area contributed by atoms with Crippen LogP contribution in [0, 0.1) is 0 Å². The molecule has 0 aliphatic carbocycles. The zero-order chi connectivity index (χ0) is 12.1. The van der Waals surface area contributed by atoms with Crippen LogP contribution < -0.4 is 0 Å². The van der Waals surface area contributed by atoms with Crippen LogP contribution in [0.5, 0.6) is 0 Å². The standard InChI is InChI=1S/C8H7NO3S/c1-9-8(10)6-4-2-3-5-7(6)13(9,11)12/h2-5H,1H3/i1D3. The Bertz CT molecular complexity index is 564. The average Bonchev–Trinajstić information content (AvgIpc) is 2.34. The van der Waals surface area contributed by atoms with Crippen molar-refractivity contribution in [1.82, 2.24) is 4.31 Å². The Kier molecular flexibility index (Phi) is 0.962. The molecule has 0 saturated carbocycles. The molecule has 1 aromatic rings. The summed E-state index contributed by atoms with van der Waals surface area (Å²) in [5, 5.41) is 0. The van der Waals surface area contributed by atoms with E-state index in [1.165, 1.54) is 24.3 Å². The molecule has 0 unspecified atom stereocenters. The van der Waals surface area contributed by atoms with Gasteiger partial charge < -0.3 is 0 Å². The molecule has 0 radical (unpaired) electrons. The van der Waals surface area contributed by atoms with E-state index in [-0.39, 0.29) is 14.8 Å². The molecule has 2 rings (SSSR count). The van der Waals surface area contributed by atoms with E-state index >= 15 is 0 Å². The van der Waals surface area contributed by atoms with E-state index in [1.54, 1.807) is 0 Å². The summed E-state index contributed by atoms with van der Waals surface area (Å²) in [6.07, 6.45) is 0. The zero-order valence-corrected chi connectivity index (χ0v) is 7.21. The number of hydrogen-bond acceptors (Lipinski definition) is 3. The summed E-state index contributed by atoms with van der Waals surface area (Å²) in [4.78, 5) is 11.4. The molecule has 0 saturated heterocycles. The molecule has 0 atom stereocenters. The summed E-state index contributed by atoms with van der Waals surface area (Å²) in [5.41, 5.74) is -0.0985. The molecule has 1 aromatic carbocycles. The largest absolute Gasteiger partial charge is 0.268 e. The molecule has 1 aliphatic heterocycles. The first-order valence-electron chi connectivity index (χ1n) is 4.95. The van der Waals surface area contributed by atoms with E-state index in [0.29, 0.717) is 0 Å². The Hall–Kier alpha value is -1.36. The Morgan fingerprint density at radius 1 is 1.38 bits per heavy atom. The third kappa shape index (κ3) is 0.904. The monoisotopic (exact) mass is 200 g/mol. The molecule has 1 aliphatic rings. The molecular formula is C8H7NO3S. The minimum atomic E-state index is -4.23. The first-order valence-corrected chi connectivity index (χ1v) is 4.89. The Balaban J connectivity index is 2.73. The van der Waals surface area contributed by atoms with Crippen LogP contribution in [0.4, 0.5) is 0 Å². The second-order valence-electron chi connectivity index (χ2n) is 2.57. The summed E-state index contributed by atoms with van der Waals surface area (Å²) >= 11 is 0. The number of carbonyl (C=O) groups excluding carboxylic acids is 1. The van der Waals surface area contributed by atoms with Gasteiger partial charge in [0.25, 0.3) is 15.9 Å². The lowest BCUT2D eigenvalue weighted by Crippen LogP contribution is -2.24. The quantitative estimate of drug-likeness (QED) is 0.611. The van der Waals surface area contributed by atoms with Gasteiger partial charge in [0.05, 0.1) is 5.56 Å². The average molecular weight is 200 g/mol. The molecular weight excluding hydrogens is 190 g/mol. The van der Waals surface area contributed by atoms with Gasteiger partial charge >= 0.3 is 0 Å². The highest BCUT2D eigenvalue weighted by molar-refractivity contribution is 7.90. The molecule has 4 nitrogen and oxygen atoms in total. The number of benzene rings is 1. The highest BCUT2D eigenvalue weighted by atomic mass is 32.2. The van der Waals surface area contributed by atoms with E-state index in [2.05, 4.69) is 0 Å². The Morgan fingerprint density at radius 3 is 2.69 bits per heavy atom. The third-order valence-corrected chi connectivity index (χ3v) is 3.38. The van der Waals surface area contributed by atoms with Crippen LogP contribution in [-0.4, -0.2) is 25.6 Å². The molecule has 5 heteroatoms. The van der Waals surface area contributed by atoms with Crippen LogP contribution >= 0.6 is 0 Å². The highest BCUT2D eigenvalue weighted by Gasteiger charge is 2.37. The van der Waals surface area contributed by atoms with E-state index in [4.69, 9.17) is 4.11 Å². The van der Waals surface area contributed by atoms with Gasteiger partial charge in [0, 0.05) is 11.1 Å². The van der Waals surface area contributed by atoms with Gasteiger partial charge in [-0.3, -0.25) is 4.79 Å². The minimum absolute atomic E-state index is 0.0509. The van der Waals surface area contributed by atoms with Crippen molar-refractivity contribution in [2.75, 3.05) is 6.98 Å². The smallest absolute Gasteiger partial charge is 0.268 e. The van der Waals surface area contributed by atoms with Crippen molar-refractivity contribution in [1.29, 1.82) is 0 Å². The first kappa shape index (κ1) is 5.39.